The lowest BCUT2D eigenvalue weighted by Crippen LogP contribution is -2.31. The quantitative estimate of drug-likeness (QED) is 0.678. The van der Waals surface area contributed by atoms with Crippen molar-refractivity contribution in [2.24, 2.45) is 5.92 Å². The first-order valence-electron chi connectivity index (χ1n) is 7.36. The van der Waals surface area contributed by atoms with E-state index >= 15 is 0 Å². The van der Waals surface area contributed by atoms with Crippen molar-refractivity contribution in [1.29, 1.82) is 5.26 Å². The first kappa shape index (κ1) is 16.5. The van der Waals surface area contributed by atoms with Crippen molar-refractivity contribution >= 4 is 0 Å². The summed E-state index contributed by atoms with van der Waals surface area (Å²) in [4.78, 5) is 2.39. The third-order valence-electron chi connectivity index (χ3n) is 3.47. The molecule has 0 amide bonds. The fourth-order valence-electron chi connectivity index (χ4n) is 2.21. The average Bonchev–Trinajstić information content (AvgIpc) is 2.43. The first-order chi connectivity index (χ1) is 9.52. The molecule has 1 rings (SSSR count). The molecule has 0 spiro atoms. The number of benzene rings is 1. The minimum atomic E-state index is 0.616. The number of hydrogen-bond donors (Lipinski definition) is 0. The van der Waals surface area contributed by atoms with Crippen LogP contribution < -0.4 is 4.74 Å². The molecule has 0 aliphatic heterocycles. The van der Waals surface area contributed by atoms with Crippen LogP contribution in [-0.4, -0.2) is 31.1 Å². The highest BCUT2D eigenvalue weighted by Crippen LogP contribution is 2.12. The summed E-state index contributed by atoms with van der Waals surface area (Å²) in [6, 6.07) is 9.99. The number of ether oxygens (including phenoxy) is 1. The fraction of sp³-hybridized carbons (Fsp3) is 0.588. The van der Waals surface area contributed by atoms with Crippen LogP contribution in [0.1, 0.15) is 39.2 Å². The molecule has 1 atom stereocenters. The van der Waals surface area contributed by atoms with Crippen molar-refractivity contribution < 1.29 is 4.74 Å². The lowest BCUT2D eigenvalue weighted by atomic mass is 10.0. The number of nitriles is 1. The average molecular weight is 274 g/mol. The van der Waals surface area contributed by atoms with E-state index in [9.17, 15) is 0 Å². The van der Waals surface area contributed by atoms with Crippen LogP contribution in [0.25, 0.3) is 0 Å². The van der Waals surface area contributed by atoms with Crippen LogP contribution in [0.5, 0.6) is 5.75 Å². The molecule has 3 heteroatoms. The number of hydrogen-bond acceptors (Lipinski definition) is 3. The van der Waals surface area contributed by atoms with Gasteiger partial charge in [0.25, 0.3) is 0 Å². The number of rotatable bonds is 8. The third kappa shape index (κ3) is 6.08. The smallest absolute Gasteiger partial charge is 0.119 e. The van der Waals surface area contributed by atoms with E-state index in [1.54, 1.807) is 12.1 Å². The molecule has 0 N–H and O–H groups in total. The van der Waals surface area contributed by atoms with Crippen LogP contribution in [0.15, 0.2) is 24.3 Å². The predicted molar refractivity (Wildman–Crippen MR) is 82.8 cm³/mol. The van der Waals surface area contributed by atoms with Crippen molar-refractivity contribution in [2.45, 2.75) is 39.7 Å². The maximum Gasteiger partial charge on any atom is 0.119 e. The van der Waals surface area contributed by atoms with Gasteiger partial charge in [-0.2, -0.15) is 5.26 Å². The molecule has 3 nitrogen and oxygen atoms in total. The van der Waals surface area contributed by atoms with Gasteiger partial charge < -0.3 is 9.64 Å². The molecule has 1 unspecified atom stereocenters. The monoisotopic (exact) mass is 274 g/mol. The van der Waals surface area contributed by atoms with Crippen LogP contribution in [0.2, 0.25) is 0 Å². The zero-order chi connectivity index (χ0) is 15.0. The van der Waals surface area contributed by atoms with Crippen molar-refractivity contribution in [1.82, 2.24) is 4.90 Å². The molecule has 0 aromatic heterocycles. The summed E-state index contributed by atoms with van der Waals surface area (Å²) in [5, 5.41) is 8.72. The van der Waals surface area contributed by atoms with Gasteiger partial charge in [0.2, 0.25) is 0 Å². The molecule has 0 radical (unpaired) electrons. The van der Waals surface area contributed by atoms with E-state index < -0.39 is 0 Å². The Hall–Kier alpha value is -1.53. The Labute approximate surface area is 123 Å². The molecule has 0 heterocycles. The predicted octanol–water partition coefficient (Wildman–Crippen LogP) is 3.69. The molecular formula is C17H26N2O. The largest absolute Gasteiger partial charge is 0.494 e. The third-order valence-corrected chi connectivity index (χ3v) is 3.47. The van der Waals surface area contributed by atoms with Gasteiger partial charge in [-0.3, -0.25) is 0 Å². The Morgan fingerprint density at radius 3 is 2.40 bits per heavy atom. The molecule has 0 bridgehead atoms. The van der Waals surface area contributed by atoms with Crippen molar-refractivity contribution in [3.05, 3.63) is 29.8 Å². The molecule has 110 valence electrons. The van der Waals surface area contributed by atoms with E-state index in [4.69, 9.17) is 10.00 Å². The highest BCUT2D eigenvalue weighted by molar-refractivity contribution is 5.34. The second kappa shape index (κ2) is 8.60. The summed E-state index contributed by atoms with van der Waals surface area (Å²) >= 11 is 0. The fourth-order valence-corrected chi connectivity index (χ4v) is 2.21. The SMILES string of the molecule is CC(C)CC(C)N(C)CCCOc1ccc(C#N)cc1. The van der Waals surface area contributed by atoms with Gasteiger partial charge in [-0.1, -0.05) is 13.8 Å². The summed E-state index contributed by atoms with van der Waals surface area (Å²) in [6.45, 7) is 8.56. The summed E-state index contributed by atoms with van der Waals surface area (Å²) in [5.41, 5.74) is 0.666. The van der Waals surface area contributed by atoms with Crippen LogP contribution in [0, 0.1) is 17.2 Å². The summed E-state index contributed by atoms with van der Waals surface area (Å²) in [5.74, 6) is 1.57. The Kier molecular flexibility index (Phi) is 7.11. The molecular weight excluding hydrogens is 248 g/mol. The van der Waals surface area contributed by atoms with Gasteiger partial charge in [-0.05, 0) is 57.0 Å². The summed E-state index contributed by atoms with van der Waals surface area (Å²) in [7, 11) is 2.18. The van der Waals surface area contributed by atoms with E-state index in [1.165, 1.54) is 6.42 Å². The topological polar surface area (TPSA) is 36.3 Å². The van der Waals surface area contributed by atoms with E-state index in [0.717, 1.165) is 24.6 Å². The summed E-state index contributed by atoms with van der Waals surface area (Å²) in [6.07, 6.45) is 2.24. The first-order valence-corrected chi connectivity index (χ1v) is 7.36. The maximum absolute atomic E-state index is 8.72. The van der Waals surface area contributed by atoms with Gasteiger partial charge in [0, 0.05) is 12.6 Å². The van der Waals surface area contributed by atoms with E-state index in [-0.39, 0.29) is 0 Å². The Morgan fingerprint density at radius 1 is 1.20 bits per heavy atom. The van der Waals surface area contributed by atoms with Gasteiger partial charge in [0.15, 0.2) is 0 Å². The normalized spacial score (nSPS) is 12.4. The van der Waals surface area contributed by atoms with Crippen LogP contribution in [0.4, 0.5) is 0 Å². The maximum atomic E-state index is 8.72. The standard InChI is InChI=1S/C17H26N2O/c1-14(2)12-15(3)19(4)10-5-11-20-17-8-6-16(13-18)7-9-17/h6-9,14-15H,5,10-12H2,1-4H3. The van der Waals surface area contributed by atoms with Gasteiger partial charge in [0.05, 0.1) is 18.2 Å². The lowest BCUT2D eigenvalue weighted by molar-refractivity contribution is 0.205. The molecule has 0 fully saturated rings. The molecule has 20 heavy (non-hydrogen) atoms. The van der Waals surface area contributed by atoms with E-state index in [0.29, 0.717) is 18.2 Å². The van der Waals surface area contributed by atoms with Crippen LogP contribution in [-0.2, 0) is 0 Å². The van der Waals surface area contributed by atoms with Crippen LogP contribution >= 0.6 is 0 Å². The van der Waals surface area contributed by atoms with Crippen molar-refractivity contribution in [3.8, 4) is 11.8 Å². The van der Waals surface area contributed by atoms with Crippen molar-refractivity contribution in [2.75, 3.05) is 20.2 Å². The van der Waals surface area contributed by atoms with E-state index in [2.05, 4.69) is 38.8 Å². The van der Waals surface area contributed by atoms with E-state index in [1.807, 2.05) is 12.1 Å². The van der Waals surface area contributed by atoms with Gasteiger partial charge >= 0.3 is 0 Å². The van der Waals surface area contributed by atoms with Gasteiger partial charge in [-0.15, -0.1) is 0 Å². The minimum Gasteiger partial charge on any atom is -0.494 e. The van der Waals surface area contributed by atoms with Crippen LogP contribution in [0.3, 0.4) is 0 Å². The van der Waals surface area contributed by atoms with Gasteiger partial charge in [0.1, 0.15) is 5.75 Å². The second-order valence-corrected chi connectivity index (χ2v) is 5.80. The zero-order valence-corrected chi connectivity index (χ0v) is 13.1. The molecule has 0 saturated carbocycles. The minimum absolute atomic E-state index is 0.616. The Morgan fingerprint density at radius 2 is 1.85 bits per heavy atom. The molecule has 1 aromatic rings. The van der Waals surface area contributed by atoms with Crippen molar-refractivity contribution in [3.63, 3.8) is 0 Å². The Bertz CT molecular complexity index is 420. The molecule has 0 saturated heterocycles. The second-order valence-electron chi connectivity index (χ2n) is 5.80. The summed E-state index contributed by atoms with van der Waals surface area (Å²) < 4.78 is 5.68. The molecule has 0 aliphatic carbocycles. The highest BCUT2D eigenvalue weighted by atomic mass is 16.5. The lowest BCUT2D eigenvalue weighted by Gasteiger charge is -2.26. The molecule has 1 aromatic carbocycles. The molecule has 0 aliphatic rings. The zero-order valence-electron chi connectivity index (χ0n) is 13.1. The number of nitrogens with zero attached hydrogens (tertiary/aromatic N) is 2. The van der Waals surface area contributed by atoms with Gasteiger partial charge in [-0.25, -0.2) is 0 Å². The highest BCUT2D eigenvalue weighted by Gasteiger charge is 2.10. The Balaban J connectivity index is 2.22.